The van der Waals surface area contributed by atoms with Gasteiger partial charge in [0.2, 0.25) is 5.91 Å². The zero-order valence-corrected chi connectivity index (χ0v) is 14.6. The van der Waals surface area contributed by atoms with Crippen LogP contribution in [0.1, 0.15) is 44.3 Å². The molecule has 0 aliphatic carbocycles. The van der Waals surface area contributed by atoms with E-state index in [1.54, 1.807) is 11.6 Å². The number of hydrogen-bond acceptors (Lipinski definition) is 5. The number of nitrogens with zero attached hydrogens (tertiary/aromatic N) is 5. The largest absolute Gasteiger partial charge is 0.345 e. The van der Waals surface area contributed by atoms with Crippen LogP contribution in [0.5, 0.6) is 0 Å². The van der Waals surface area contributed by atoms with Crippen LogP contribution >= 0.6 is 0 Å². The highest BCUT2D eigenvalue weighted by atomic mass is 16.7. The SMILES string of the molecule is CCn1c([C@H]2CCCN(C(=O)CCN3CCCO3)C2)nn(C)c1=O. The summed E-state index contributed by atoms with van der Waals surface area (Å²) in [4.78, 5) is 32.0. The van der Waals surface area contributed by atoms with Crippen LogP contribution in [0.4, 0.5) is 0 Å². The lowest BCUT2D eigenvalue weighted by molar-refractivity contribution is -0.139. The van der Waals surface area contributed by atoms with E-state index >= 15 is 0 Å². The number of carbonyl (C=O) groups is 1. The summed E-state index contributed by atoms with van der Waals surface area (Å²) in [6.07, 6.45) is 3.43. The van der Waals surface area contributed by atoms with Gasteiger partial charge in [0.25, 0.3) is 0 Å². The maximum Gasteiger partial charge on any atom is 0.345 e. The second-order valence-corrected chi connectivity index (χ2v) is 6.55. The molecule has 1 amide bonds. The Bertz CT molecular complexity index is 632. The summed E-state index contributed by atoms with van der Waals surface area (Å²) in [6, 6.07) is 0. The third kappa shape index (κ3) is 3.54. The summed E-state index contributed by atoms with van der Waals surface area (Å²) >= 11 is 0. The zero-order chi connectivity index (χ0) is 17.1. The van der Waals surface area contributed by atoms with E-state index in [0.717, 1.165) is 44.8 Å². The van der Waals surface area contributed by atoms with E-state index < -0.39 is 0 Å². The number of rotatable bonds is 5. The number of piperidine rings is 1. The highest BCUT2D eigenvalue weighted by molar-refractivity contribution is 5.76. The van der Waals surface area contributed by atoms with Crippen molar-refractivity contribution in [3.8, 4) is 0 Å². The number of likely N-dealkylation sites (tertiary alicyclic amines) is 1. The predicted octanol–water partition coefficient (Wildman–Crippen LogP) is 0.335. The van der Waals surface area contributed by atoms with Crippen LogP contribution in [-0.2, 0) is 23.2 Å². The molecule has 0 unspecified atom stereocenters. The minimum Gasteiger partial charge on any atom is -0.342 e. The van der Waals surface area contributed by atoms with Crippen LogP contribution < -0.4 is 5.69 Å². The molecule has 2 fully saturated rings. The van der Waals surface area contributed by atoms with E-state index in [9.17, 15) is 9.59 Å². The minimum absolute atomic E-state index is 0.0814. The van der Waals surface area contributed by atoms with Crippen molar-refractivity contribution in [3.63, 3.8) is 0 Å². The third-order valence-electron chi connectivity index (χ3n) is 4.89. The monoisotopic (exact) mass is 337 g/mol. The van der Waals surface area contributed by atoms with Gasteiger partial charge in [0, 0.05) is 52.1 Å². The molecule has 2 saturated heterocycles. The summed E-state index contributed by atoms with van der Waals surface area (Å²) in [7, 11) is 1.68. The molecule has 8 heteroatoms. The second kappa shape index (κ2) is 7.48. The van der Waals surface area contributed by atoms with E-state index in [4.69, 9.17) is 4.84 Å². The van der Waals surface area contributed by atoms with Gasteiger partial charge in [0.1, 0.15) is 5.82 Å². The first-order valence-electron chi connectivity index (χ1n) is 8.89. The molecule has 2 aliphatic rings. The fraction of sp³-hybridized carbons (Fsp3) is 0.812. The topological polar surface area (TPSA) is 72.6 Å². The molecule has 134 valence electrons. The van der Waals surface area contributed by atoms with Crippen LogP contribution in [0.3, 0.4) is 0 Å². The number of aryl methyl sites for hydroxylation is 1. The molecule has 0 aromatic carbocycles. The van der Waals surface area contributed by atoms with Gasteiger partial charge in [-0.1, -0.05) is 0 Å². The van der Waals surface area contributed by atoms with Gasteiger partial charge in [-0.2, -0.15) is 10.2 Å². The number of hydrogen-bond donors (Lipinski definition) is 0. The summed E-state index contributed by atoms with van der Waals surface area (Å²) in [5, 5.41) is 6.29. The lowest BCUT2D eigenvalue weighted by atomic mass is 9.97. The lowest BCUT2D eigenvalue weighted by Gasteiger charge is -2.32. The van der Waals surface area contributed by atoms with Crippen molar-refractivity contribution >= 4 is 5.91 Å². The van der Waals surface area contributed by atoms with Crippen molar-refractivity contribution < 1.29 is 9.63 Å². The van der Waals surface area contributed by atoms with Crippen LogP contribution in [0.2, 0.25) is 0 Å². The molecule has 2 aliphatic heterocycles. The standard InChI is InChI=1S/C16H27N5O3/c1-3-21-15(17-18(2)16(21)23)13-6-4-8-19(12-13)14(22)7-10-20-9-5-11-24-20/h13H,3-12H2,1-2H3/t13-/m0/s1. The van der Waals surface area contributed by atoms with E-state index in [-0.39, 0.29) is 17.5 Å². The first-order chi connectivity index (χ1) is 11.6. The summed E-state index contributed by atoms with van der Waals surface area (Å²) in [5.74, 6) is 1.11. The van der Waals surface area contributed by atoms with Gasteiger partial charge in [-0.25, -0.2) is 9.48 Å². The van der Waals surface area contributed by atoms with Crippen molar-refractivity contribution in [1.29, 1.82) is 0 Å². The van der Waals surface area contributed by atoms with Gasteiger partial charge in [0.15, 0.2) is 0 Å². The molecular formula is C16H27N5O3. The molecule has 3 heterocycles. The molecule has 0 bridgehead atoms. The van der Waals surface area contributed by atoms with E-state index in [0.29, 0.717) is 26.1 Å². The Morgan fingerprint density at radius 2 is 2.17 bits per heavy atom. The Balaban J connectivity index is 1.62. The van der Waals surface area contributed by atoms with E-state index in [2.05, 4.69) is 5.10 Å². The second-order valence-electron chi connectivity index (χ2n) is 6.55. The Labute approximate surface area is 141 Å². The molecule has 24 heavy (non-hydrogen) atoms. The van der Waals surface area contributed by atoms with Gasteiger partial charge in [-0.15, -0.1) is 0 Å². The van der Waals surface area contributed by atoms with E-state index in [1.165, 1.54) is 4.68 Å². The van der Waals surface area contributed by atoms with Crippen molar-refractivity contribution in [2.24, 2.45) is 7.05 Å². The summed E-state index contributed by atoms with van der Waals surface area (Å²) in [5.41, 5.74) is -0.0814. The number of carbonyl (C=O) groups excluding carboxylic acids is 1. The Morgan fingerprint density at radius 3 is 2.88 bits per heavy atom. The normalized spacial score (nSPS) is 22.2. The molecule has 0 N–H and O–H groups in total. The van der Waals surface area contributed by atoms with Crippen molar-refractivity contribution in [3.05, 3.63) is 16.3 Å². The molecule has 1 aromatic rings. The van der Waals surface area contributed by atoms with Crippen LogP contribution in [-0.4, -0.2) is 63.0 Å². The summed E-state index contributed by atoms with van der Waals surface area (Å²) in [6.45, 7) is 6.33. The van der Waals surface area contributed by atoms with Crippen LogP contribution in [0.15, 0.2) is 4.79 Å². The van der Waals surface area contributed by atoms with Crippen LogP contribution in [0.25, 0.3) is 0 Å². The highest BCUT2D eigenvalue weighted by Gasteiger charge is 2.29. The average molecular weight is 337 g/mol. The number of amides is 1. The zero-order valence-electron chi connectivity index (χ0n) is 14.6. The maximum atomic E-state index is 12.5. The van der Waals surface area contributed by atoms with Crippen molar-refractivity contribution in [2.75, 3.05) is 32.8 Å². The van der Waals surface area contributed by atoms with Gasteiger partial charge in [-0.05, 0) is 26.2 Å². The highest BCUT2D eigenvalue weighted by Crippen LogP contribution is 2.25. The molecule has 8 nitrogen and oxygen atoms in total. The molecular weight excluding hydrogens is 310 g/mol. The Hall–Kier alpha value is -1.67. The average Bonchev–Trinajstić information content (AvgIpc) is 3.21. The molecule has 0 radical (unpaired) electrons. The van der Waals surface area contributed by atoms with E-state index in [1.807, 2.05) is 16.9 Å². The molecule has 1 aromatic heterocycles. The van der Waals surface area contributed by atoms with Crippen molar-refractivity contribution in [2.45, 2.75) is 45.1 Å². The first kappa shape index (κ1) is 17.2. The minimum atomic E-state index is -0.0814. The lowest BCUT2D eigenvalue weighted by Crippen LogP contribution is -2.41. The van der Waals surface area contributed by atoms with Gasteiger partial charge >= 0.3 is 5.69 Å². The summed E-state index contributed by atoms with van der Waals surface area (Å²) < 4.78 is 3.11. The fourth-order valence-electron chi connectivity index (χ4n) is 3.59. The van der Waals surface area contributed by atoms with Crippen molar-refractivity contribution in [1.82, 2.24) is 24.3 Å². The quantitative estimate of drug-likeness (QED) is 0.774. The smallest absolute Gasteiger partial charge is 0.342 e. The molecule has 3 rings (SSSR count). The fourth-order valence-corrected chi connectivity index (χ4v) is 3.59. The number of aromatic nitrogens is 3. The Morgan fingerprint density at radius 1 is 1.33 bits per heavy atom. The van der Waals surface area contributed by atoms with Gasteiger partial charge in [0.05, 0.1) is 6.61 Å². The molecule has 0 spiro atoms. The predicted molar refractivity (Wildman–Crippen MR) is 88.5 cm³/mol. The maximum absolute atomic E-state index is 12.5. The van der Waals surface area contributed by atoms with Crippen LogP contribution in [0, 0.1) is 0 Å². The molecule has 0 saturated carbocycles. The Kier molecular flexibility index (Phi) is 5.35. The van der Waals surface area contributed by atoms with Gasteiger partial charge < -0.3 is 4.90 Å². The number of hydroxylamine groups is 2. The molecule has 1 atom stereocenters. The van der Waals surface area contributed by atoms with Gasteiger partial charge in [-0.3, -0.25) is 14.2 Å². The first-order valence-corrected chi connectivity index (χ1v) is 8.89. The third-order valence-corrected chi connectivity index (χ3v) is 4.89.